The summed E-state index contributed by atoms with van der Waals surface area (Å²) < 4.78 is 18.4. The predicted molar refractivity (Wildman–Crippen MR) is 89.2 cm³/mol. The molecular formula is C10H27ClO3Si4. The third-order valence-electron chi connectivity index (χ3n) is 1.98. The van der Waals surface area contributed by atoms with Crippen LogP contribution in [0.2, 0.25) is 52.4 Å². The van der Waals surface area contributed by atoms with E-state index in [0.29, 0.717) is 0 Å². The molecule has 0 fully saturated rings. The summed E-state index contributed by atoms with van der Waals surface area (Å²) >= 11 is 6.25. The molecule has 0 N–H and O–H groups in total. The Hall–Kier alpha value is 0.778. The third kappa shape index (κ3) is 8.81. The van der Waals surface area contributed by atoms with Crippen molar-refractivity contribution < 1.29 is 12.3 Å². The first-order valence-corrected chi connectivity index (χ1v) is 18.6. The first-order valence-electron chi connectivity index (χ1n) is 6.11. The number of hydrogen-bond donors (Lipinski definition) is 0. The van der Waals surface area contributed by atoms with Crippen molar-refractivity contribution in [3.8, 4) is 0 Å². The van der Waals surface area contributed by atoms with Gasteiger partial charge in [0, 0.05) is 0 Å². The average molecular weight is 343 g/mol. The maximum absolute atomic E-state index is 6.25. The minimum Gasteiger partial charge on any atom is -0.433 e. The zero-order valence-electron chi connectivity index (χ0n) is 12.9. The summed E-state index contributed by atoms with van der Waals surface area (Å²) in [6, 6.07) is 0. The quantitative estimate of drug-likeness (QED) is 0.509. The fourth-order valence-corrected chi connectivity index (χ4v) is 19.5. The van der Waals surface area contributed by atoms with Crippen LogP contribution in [0.15, 0.2) is 12.3 Å². The van der Waals surface area contributed by atoms with E-state index in [4.69, 9.17) is 23.4 Å². The normalized spacial score (nSPS) is 14.7. The lowest BCUT2D eigenvalue weighted by molar-refractivity contribution is 0.335. The van der Waals surface area contributed by atoms with Crippen LogP contribution in [0.1, 0.15) is 0 Å². The van der Waals surface area contributed by atoms with Gasteiger partial charge in [-0.25, -0.2) is 0 Å². The zero-order valence-corrected chi connectivity index (χ0v) is 17.6. The molecule has 108 valence electrons. The highest BCUT2D eigenvalue weighted by Crippen LogP contribution is 2.25. The second kappa shape index (κ2) is 6.04. The monoisotopic (exact) mass is 342 g/mol. The standard InChI is InChI=1S/C10H27ClO3Si4/c1-10-15(2,3)12-17(6,7)14-18(8,9)13-16(4,5)11/h10H,1H2,2-9H3. The summed E-state index contributed by atoms with van der Waals surface area (Å²) in [6.45, 7) is 20.2. The lowest BCUT2D eigenvalue weighted by Gasteiger charge is -2.38. The molecule has 0 aromatic carbocycles. The number of rotatable bonds is 7. The highest BCUT2D eigenvalue weighted by Gasteiger charge is 2.42. The minimum absolute atomic E-state index is 1.83. The van der Waals surface area contributed by atoms with Crippen molar-refractivity contribution in [2.45, 2.75) is 52.4 Å². The topological polar surface area (TPSA) is 27.7 Å². The van der Waals surface area contributed by atoms with Gasteiger partial charge in [0.25, 0.3) is 7.63 Å². The van der Waals surface area contributed by atoms with Crippen LogP contribution in [-0.2, 0) is 12.3 Å². The highest BCUT2D eigenvalue weighted by atomic mass is 35.6. The Balaban J connectivity index is 4.70. The summed E-state index contributed by atoms with van der Waals surface area (Å²) in [5, 5.41) is 0. The molecule has 0 saturated carbocycles. The molecule has 0 rings (SSSR count). The summed E-state index contributed by atoms with van der Waals surface area (Å²) in [5.74, 6) is 0. The van der Waals surface area contributed by atoms with Gasteiger partial charge in [-0.1, -0.05) is 5.70 Å². The van der Waals surface area contributed by atoms with Gasteiger partial charge in [0.05, 0.1) is 0 Å². The lowest BCUT2D eigenvalue weighted by atomic mass is 11.3. The van der Waals surface area contributed by atoms with E-state index >= 15 is 0 Å². The second-order valence-electron chi connectivity index (χ2n) is 6.28. The Bertz CT molecular complexity index is 300. The van der Waals surface area contributed by atoms with Crippen molar-refractivity contribution in [2.24, 2.45) is 0 Å². The molecule has 0 aliphatic heterocycles. The van der Waals surface area contributed by atoms with E-state index in [1.807, 2.05) is 31.9 Å². The molecule has 0 radical (unpaired) electrons. The molecule has 0 aliphatic rings. The SMILES string of the molecule is C=C[Si](C)(C)O[Si](C)(C)O[Si](C)(C)O[Si](C)(C)Cl. The molecule has 0 atom stereocenters. The van der Waals surface area contributed by atoms with E-state index in [9.17, 15) is 0 Å². The molecule has 3 nitrogen and oxygen atoms in total. The van der Waals surface area contributed by atoms with Gasteiger partial charge in [-0.3, -0.25) is 0 Å². The van der Waals surface area contributed by atoms with Gasteiger partial charge in [-0.2, -0.15) is 0 Å². The summed E-state index contributed by atoms with van der Waals surface area (Å²) in [6.07, 6.45) is 0. The van der Waals surface area contributed by atoms with Gasteiger partial charge in [0.1, 0.15) is 0 Å². The van der Waals surface area contributed by atoms with Crippen LogP contribution < -0.4 is 0 Å². The van der Waals surface area contributed by atoms with Gasteiger partial charge < -0.3 is 12.3 Å². The summed E-state index contributed by atoms with van der Waals surface area (Å²) in [7, 11) is -8.35. The molecule has 18 heavy (non-hydrogen) atoms. The van der Waals surface area contributed by atoms with Crippen molar-refractivity contribution in [3.05, 3.63) is 12.3 Å². The van der Waals surface area contributed by atoms with Crippen LogP contribution in [0.4, 0.5) is 0 Å². The van der Waals surface area contributed by atoms with Gasteiger partial charge >= 0.3 is 17.1 Å². The first kappa shape index (κ1) is 18.8. The maximum atomic E-state index is 6.25. The van der Waals surface area contributed by atoms with E-state index in [1.54, 1.807) is 0 Å². The van der Waals surface area contributed by atoms with Crippen LogP contribution in [0, 0.1) is 0 Å². The molecule has 0 saturated heterocycles. The van der Waals surface area contributed by atoms with Crippen molar-refractivity contribution >= 4 is 44.1 Å². The molecule has 0 spiro atoms. The van der Waals surface area contributed by atoms with Crippen molar-refractivity contribution in [1.82, 2.24) is 0 Å². The lowest BCUT2D eigenvalue weighted by Crippen LogP contribution is -2.55. The largest absolute Gasteiger partial charge is 0.433 e. The Morgan fingerprint density at radius 1 is 0.778 bits per heavy atom. The second-order valence-corrected chi connectivity index (χ2v) is 23.4. The summed E-state index contributed by atoms with van der Waals surface area (Å²) in [4.78, 5) is 0. The van der Waals surface area contributed by atoms with Crippen LogP contribution in [0.25, 0.3) is 0 Å². The van der Waals surface area contributed by atoms with E-state index in [2.05, 4.69) is 32.8 Å². The summed E-state index contributed by atoms with van der Waals surface area (Å²) in [5.41, 5.74) is 1.93. The van der Waals surface area contributed by atoms with Gasteiger partial charge in [-0.15, -0.1) is 17.7 Å². The fourth-order valence-electron chi connectivity index (χ4n) is 1.89. The van der Waals surface area contributed by atoms with Crippen LogP contribution >= 0.6 is 11.1 Å². The molecule has 0 amide bonds. The van der Waals surface area contributed by atoms with E-state index in [-0.39, 0.29) is 0 Å². The first-order chi connectivity index (χ1) is 7.68. The highest BCUT2D eigenvalue weighted by molar-refractivity contribution is 7.17. The Morgan fingerprint density at radius 3 is 1.50 bits per heavy atom. The Morgan fingerprint density at radius 2 is 1.17 bits per heavy atom. The van der Waals surface area contributed by atoms with Crippen LogP contribution in [0.5, 0.6) is 0 Å². The average Bonchev–Trinajstić information content (AvgIpc) is 1.93. The Kier molecular flexibility index (Phi) is 6.30. The van der Waals surface area contributed by atoms with Gasteiger partial charge in [0.15, 0.2) is 8.32 Å². The van der Waals surface area contributed by atoms with Crippen molar-refractivity contribution in [3.63, 3.8) is 0 Å². The van der Waals surface area contributed by atoms with E-state index in [0.717, 1.165) is 0 Å². The molecule has 0 bridgehead atoms. The van der Waals surface area contributed by atoms with Gasteiger partial charge in [0.2, 0.25) is 0 Å². The van der Waals surface area contributed by atoms with Crippen molar-refractivity contribution in [2.75, 3.05) is 0 Å². The smallest absolute Gasteiger partial charge is 0.313 e. The van der Waals surface area contributed by atoms with Crippen LogP contribution in [-0.4, -0.2) is 33.1 Å². The molecule has 0 heterocycles. The fraction of sp³-hybridized carbons (Fsp3) is 0.800. The number of halogens is 1. The molecule has 0 unspecified atom stereocenters. The van der Waals surface area contributed by atoms with E-state index < -0.39 is 33.1 Å². The Labute approximate surface area is 121 Å². The van der Waals surface area contributed by atoms with Crippen molar-refractivity contribution in [1.29, 1.82) is 0 Å². The third-order valence-corrected chi connectivity index (χ3v) is 15.6. The predicted octanol–water partition coefficient (Wildman–Crippen LogP) is 4.31. The molecule has 8 heteroatoms. The molecule has 0 aromatic rings. The zero-order chi connectivity index (χ0) is 14.8. The minimum atomic E-state index is -2.23. The van der Waals surface area contributed by atoms with E-state index in [1.165, 1.54) is 0 Å². The molecule has 0 aliphatic carbocycles. The molecular weight excluding hydrogens is 316 g/mol. The molecule has 0 aromatic heterocycles. The van der Waals surface area contributed by atoms with Crippen LogP contribution in [0.3, 0.4) is 0 Å². The van der Waals surface area contributed by atoms with Gasteiger partial charge in [-0.05, 0) is 52.4 Å². The number of hydrogen-bond acceptors (Lipinski definition) is 3. The maximum Gasteiger partial charge on any atom is 0.313 e.